The number of benzene rings is 1. The van der Waals surface area contributed by atoms with Crippen molar-refractivity contribution in [2.45, 2.75) is 18.9 Å². The minimum atomic E-state index is -0.217. The van der Waals surface area contributed by atoms with E-state index in [0.717, 1.165) is 25.9 Å². The van der Waals surface area contributed by atoms with Gasteiger partial charge in [-0.1, -0.05) is 11.6 Å². The lowest BCUT2D eigenvalue weighted by atomic mass is 10.1. The van der Waals surface area contributed by atoms with Crippen molar-refractivity contribution < 1.29 is 14.6 Å². The summed E-state index contributed by atoms with van der Waals surface area (Å²) in [5.74, 6) is 0.989. The van der Waals surface area contributed by atoms with Crippen molar-refractivity contribution in [1.82, 2.24) is 9.80 Å². The Morgan fingerprint density at radius 1 is 1.35 bits per heavy atom. The highest BCUT2D eigenvalue weighted by atomic mass is 35.5. The summed E-state index contributed by atoms with van der Waals surface area (Å²) >= 11 is 6.01. The number of β-amino-alcohol motifs (C(OH)–C–C–N with tert-alkyl or cyclic N) is 1. The summed E-state index contributed by atoms with van der Waals surface area (Å²) in [6.07, 6.45) is 2.08. The molecule has 2 aliphatic rings. The minimum Gasteiger partial charge on any atom is -0.496 e. The van der Waals surface area contributed by atoms with Gasteiger partial charge in [0.25, 0.3) is 5.91 Å². The van der Waals surface area contributed by atoms with E-state index in [1.54, 1.807) is 25.3 Å². The summed E-state index contributed by atoms with van der Waals surface area (Å²) in [4.78, 5) is 16.8. The summed E-state index contributed by atoms with van der Waals surface area (Å²) in [5.41, 5.74) is 0.506. The molecular weight excluding hydrogens is 316 g/mol. The number of nitrogens with zero attached hydrogens (tertiary/aromatic N) is 2. The summed E-state index contributed by atoms with van der Waals surface area (Å²) in [6.45, 7) is 3.61. The third-order valence-electron chi connectivity index (χ3n) is 4.66. The normalized spacial score (nSPS) is 20.4. The average Bonchev–Trinajstić information content (AvgIpc) is 3.40. The zero-order valence-electron chi connectivity index (χ0n) is 13.4. The van der Waals surface area contributed by atoms with Crippen LogP contribution in [0.15, 0.2) is 18.2 Å². The molecule has 6 heteroatoms. The second-order valence-corrected chi connectivity index (χ2v) is 6.78. The zero-order chi connectivity index (χ0) is 16.4. The van der Waals surface area contributed by atoms with Crippen LogP contribution in [0.2, 0.25) is 5.02 Å². The van der Waals surface area contributed by atoms with Crippen LogP contribution >= 0.6 is 11.6 Å². The van der Waals surface area contributed by atoms with Gasteiger partial charge in [-0.05, 0) is 37.0 Å². The maximum Gasteiger partial charge on any atom is 0.257 e. The Kier molecular flexibility index (Phi) is 5.09. The van der Waals surface area contributed by atoms with E-state index >= 15 is 0 Å². The van der Waals surface area contributed by atoms with Gasteiger partial charge in [-0.15, -0.1) is 0 Å². The van der Waals surface area contributed by atoms with Gasteiger partial charge in [0.15, 0.2) is 0 Å². The number of amides is 1. The van der Waals surface area contributed by atoms with Crippen molar-refractivity contribution in [3.63, 3.8) is 0 Å². The van der Waals surface area contributed by atoms with Crippen molar-refractivity contribution >= 4 is 17.5 Å². The molecular formula is C17H23ClN2O3. The van der Waals surface area contributed by atoms with Crippen LogP contribution in [0, 0.1) is 5.92 Å². The molecule has 1 N–H and O–H groups in total. The van der Waals surface area contributed by atoms with E-state index in [1.807, 2.05) is 4.90 Å². The molecule has 5 nitrogen and oxygen atoms in total. The fourth-order valence-corrected chi connectivity index (χ4v) is 3.22. The van der Waals surface area contributed by atoms with E-state index in [1.165, 1.54) is 0 Å². The Bertz CT molecular complexity index is 569. The lowest BCUT2D eigenvalue weighted by Crippen LogP contribution is -2.50. The highest BCUT2D eigenvalue weighted by Gasteiger charge is 2.32. The number of piperazine rings is 1. The van der Waals surface area contributed by atoms with Gasteiger partial charge < -0.3 is 14.7 Å². The molecule has 3 rings (SSSR count). The fraction of sp³-hybridized carbons (Fsp3) is 0.588. The molecule has 1 atom stereocenters. The third kappa shape index (κ3) is 3.97. The van der Waals surface area contributed by atoms with Crippen molar-refractivity contribution in [2.24, 2.45) is 5.92 Å². The predicted molar refractivity (Wildman–Crippen MR) is 89.1 cm³/mol. The topological polar surface area (TPSA) is 53.0 Å². The van der Waals surface area contributed by atoms with Crippen LogP contribution in [0.5, 0.6) is 5.75 Å². The summed E-state index contributed by atoms with van der Waals surface area (Å²) in [5, 5.41) is 10.6. The summed E-state index contributed by atoms with van der Waals surface area (Å²) < 4.78 is 5.27. The van der Waals surface area contributed by atoms with Crippen molar-refractivity contribution in [3.8, 4) is 5.75 Å². The third-order valence-corrected chi connectivity index (χ3v) is 4.90. The Hall–Kier alpha value is -1.30. The van der Waals surface area contributed by atoms with Gasteiger partial charge in [0.1, 0.15) is 5.75 Å². The van der Waals surface area contributed by atoms with E-state index in [2.05, 4.69) is 4.90 Å². The molecule has 1 saturated heterocycles. The molecule has 1 heterocycles. The quantitative estimate of drug-likeness (QED) is 0.890. The minimum absolute atomic E-state index is 0.0493. The van der Waals surface area contributed by atoms with E-state index in [4.69, 9.17) is 16.3 Å². The van der Waals surface area contributed by atoms with E-state index < -0.39 is 0 Å². The number of ether oxygens (including phenoxy) is 1. The van der Waals surface area contributed by atoms with Gasteiger partial charge in [0.2, 0.25) is 0 Å². The average molecular weight is 339 g/mol. The number of aliphatic hydroxyl groups excluding tert-OH is 1. The van der Waals surface area contributed by atoms with Gasteiger partial charge in [-0.25, -0.2) is 0 Å². The number of rotatable bonds is 5. The van der Waals surface area contributed by atoms with Crippen LogP contribution in [0.1, 0.15) is 23.2 Å². The van der Waals surface area contributed by atoms with Gasteiger partial charge in [0, 0.05) is 37.7 Å². The van der Waals surface area contributed by atoms with Gasteiger partial charge in [-0.2, -0.15) is 0 Å². The molecule has 23 heavy (non-hydrogen) atoms. The van der Waals surface area contributed by atoms with E-state index in [9.17, 15) is 9.90 Å². The molecule has 1 aromatic carbocycles. The maximum absolute atomic E-state index is 12.7. The number of halogens is 1. The Morgan fingerprint density at radius 3 is 2.65 bits per heavy atom. The van der Waals surface area contributed by atoms with Crippen LogP contribution < -0.4 is 4.74 Å². The molecule has 0 radical (unpaired) electrons. The lowest BCUT2D eigenvalue weighted by molar-refractivity contribution is 0.0486. The molecule has 1 saturated carbocycles. The van der Waals surface area contributed by atoms with Crippen LogP contribution in [-0.2, 0) is 0 Å². The Morgan fingerprint density at radius 2 is 2.04 bits per heavy atom. The molecule has 1 amide bonds. The highest BCUT2D eigenvalue weighted by molar-refractivity contribution is 6.31. The fourth-order valence-electron chi connectivity index (χ4n) is 3.05. The zero-order valence-corrected chi connectivity index (χ0v) is 14.1. The SMILES string of the molecule is COc1ccc(Cl)cc1C(=O)N1CCN(C[C@H](O)C2CC2)CC1. The molecule has 1 aliphatic heterocycles. The monoisotopic (exact) mass is 338 g/mol. The highest BCUT2D eigenvalue weighted by Crippen LogP contribution is 2.33. The largest absolute Gasteiger partial charge is 0.496 e. The first-order valence-corrected chi connectivity index (χ1v) is 8.49. The van der Waals surface area contributed by atoms with Crippen LogP contribution in [0.4, 0.5) is 0 Å². The Balaban J connectivity index is 1.58. The van der Waals surface area contributed by atoms with E-state index in [0.29, 0.717) is 41.9 Å². The van der Waals surface area contributed by atoms with Gasteiger partial charge in [-0.3, -0.25) is 9.69 Å². The standard InChI is InChI=1S/C17H23ClN2O3/c1-23-16-5-4-13(18)10-14(16)17(22)20-8-6-19(7-9-20)11-15(21)12-2-3-12/h4-5,10,12,15,21H,2-3,6-9,11H2,1H3/t15-/m0/s1. The number of carbonyl (C=O) groups excluding carboxylic acids is 1. The summed E-state index contributed by atoms with van der Waals surface area (Å²) in [6, 6.07) is 5.10. The maximum atomic E-state index is 12.7. The molecule has 0 bridgehead atoms. The molecule has 0 aromatic heterocycles. The Labute approximate surface area is 141 Å². The van der Waals surface area contributed by atoms with E-state index in [-0.39, 0.29) is 12.0 Å². The molecule has 2 fully saturated rings. The van der Waals surface area contributed by atoms with Gasteiger partial charge >= 0.3 is 0 Å². The first kappa shape index (κ1) is 16.6. The van der Waals surface area contributed by atoms with Crippen LogP contribution in [0.25, 0.3) is 0 Å². The number of aliphatic hydroxyl groups is 1. The number of carbonyl (C=O) groups is 1. The second kappa shape index (κ2) is 7.07. The molecule has 0 unspecified atom stereocenters. The van der Waals surface area contributed by atoms with Crippen molar-refractivity contribution in [3.05, 3.63) is 28.8 Å². The van der Waals surface area contributed by atoms with Crippen LogP contribution in [-0.4, -0.2) is 66.8 Å². The number of hydrogen-bond donors (Lipinski definition) is 1. The lowest BCUT2D eigenvalue weighted by Gasteiger charge is -2.35. The smallest absolute Gasteiger partial charge is 0.257 e. The molecule has 126 valence electrons. The molecule has 1 aliphatic carbocycles. The van der Waals surface area contributed by atoms with Crippen molar-refractivity contribution in [2.75, 3.05) is 39.8 Å². The van der Waals surface area contributed by atoms with Crippen LogP contribution in [0.3, 0.4) is 0 Å². The first-order chi connectivity index (χ1) is 11.1. The second-order valence-electron chi connectivity index (χ2n) is 6.34. The van der Waals surface area contributed by atoms with Gasteiger partial charge in [0.05, 0.1) is 18.8 Å². The number of methoxy groups -OCH3 is 1. The summed E-state index contributed by atoms with van der Waals surface area (Å²) in [7, 11) is 1.55. The van der Waals surface area contributed by atoms with Crippen molar-refractivity contribution in [1.29, 1.82) is 0 Å². The molecule has 1 aromatic rings. The predicted octanol–water partition coefficient (Wildman–Crippen LogP) is 1.88. The first-order valence-electron chi connectivity index (χ1n) is 8.11. The molecule has 0 spiro atoms. The number of hydrogen-bond acceptors (Lipinski definition) is 4.